The van der Waals surface area contributed by atoms with Gasteiger partial charge in [0.15, 0.2) is 0 Å². The van der Waals surface area contributed by atoms with Crippen LogP contribution in [0.25, 0.3) is 22.3 Å². The molecule has 7 heteroatoms. The zero-order chi connectivity index (χ0) is 16.5. The van der Waals surface area contributed by atoms with E-state index < -0.39 is 0 Å². The van der Waals surface area contributed by atoms with Crippen LogP contribution in [0.3, 0.4) is 0 Å². The number of hydrogen-bond donors (Lipinski definition) is 2. The van der Waals surface area contributed by atoms with Crippen LogP contribution in [-0.2, 0) is 0 Å². The van der Waals surface area contributed by atoms with Crippen LogP contribution in [0.1, 0.15) is 31.7 Å². The van der Waals surface area contributed by atoms with Crippen LogP contribution in [-0.4, -0.2) is 35.9 Å². The second kappa shape index (κ2) is 6.06. The molecular weight excluding hydrogens is 304 g/mol. The minimum absolute atomic E-state index is 0.00977. The van der Waals surface area contributed by atoms with E-state index in [1.54, 1.807) is 6.20 Å². The smallest absolute Gasteiger partial charge is 0.141 e. The molecule has 4 rings (SSSR count). The fourth-order valence-corrected chi connectivity index (χ4v) is 3.65. The van der Waals surface area contributed by atoms with E-state index >= 15 is 0 Å². The molecule has 0 spiro atoms. The Balaban J connectivity index is 1.68. The van der Waals surface area contributed by atoms with Crippen LogP contribution in [0.4, 0.5) is 0 Å². The fraction of sp³-hybridized carbons (Fsp3) is 0.412. The molecule has 1 aliphatic carbocycles. The number of aromatic nitrogens is 5. The van der Waals surface area contributed by atoms with E-state index in [0.29, 0.717) is 6.42 Å². The van der Waals surface area contributed by atoms with E-state index in [4.69, 9.17) is 0 Å². The number of aromatic amines is 1. The van der Waals surface area contributed by atoms with Crippen molar-refractivity contribution >= 4 is 11.0 Å². The second-order valence-corrected chi connectivity index (χ2v) is 6.33. The first kappa shape index (κ1) is 14.8. The van der Waals surface area contributed by atoms with Crippen LogP contribution in [0, 0.1) is 17.2 Å². The first-order valence-corrected chi connectivity index (χ1v) is 8.14. The lowest BCUT2D eigenvalue weighted by Crippen LogP contribution is -2.18. The molecule has 24 heavy (non-hydrogen) atoms. The molecule has 1 unspecified atom stereocenters. The van der Waals surface area contributed by atoms with Crippen LogP contribution in [0.2, 0.25) is 0 Å². The first-order chi connectivity index (χ1) is 11.8. The Hall–Kier alpha value is -2.72. The molecule has 3 aromatic rings. The molecule has 1 fully saturated rings. The number of nitrogens with zero attached hydrogens (tertiary/aromatic N) is 5. The molecule has 3 aromatic heterocycles. The van der Waals surface area contributed by atoms with E-state index in [2.05, 4.69) is 26.1 Å². The van der Waals surface area contributed by atoms with Gasteiger partial charge >= 0.3 is 0 Å². The standard InChI is InChI=1S/C17H18N6O/c18-5-3-15(11-1-2-13(24)7-11)23-9-12(8-22-23)16-14-4-6-19-17(14)21-10-20-16/h4,6,8-11,13,15,24H,1-3,7H2,(H,19,20,21)/t11-,13-,15?/m1/s1. The molecule has 3 heterocycles. The van der Waals surface area contributed by atoms with Crippen molar-refractivity contribution < 1.29 is 5.11 Å². The molecule has 0 bridgehead atoms. The Bertz CT molecular complexity index is 892. The highest BCUT2D eigenvalue weighted by Gasteiger charge is 2.31. The van der Waals surface area contributed by atoms with Gasteiger partial charge < -0.3 is 10.1 Å². The summed E-state index contributed by atoms with van der Waals surface area (Å²) in [5.74, 6) is 0.282. The molecule has 0 radical (unpaired) electrons. The predicted octanol–water partition coefficient (Wildman–Crippen LogP) is 2.44. The lowest BCUT2D eigenvalue weighted by Gasteiger charge is -2.21. The molecule has 122 valence electrons. The molecule has 3 atom stereocenters. The highest BCUT2D eigenvalue weighted by atomic mass is 16.3. The second-order valence-electron chi connectivity index (χ2n) is 6.33. The summed E-state index contributed by atoms with van der Waals surface area (Å²) in [5, 5.41) is 24.4. The summed E-state index contributed by atoms with van der Waals surface area (Å²) >= 11 is 0. The largest absolute Gasteiger partial charge is 0.393 e. The van der Waals surface area contributed by atoms with Gasteiger partial charge in [0, 0.05) is 23.3 Å². The maximum Gasteiger partial charge on any atom is 0.141 e. The van der Waals surface area contributed by atoms with Crippen molar-refractivity contribution in [3.63, 3.8) is 0 Å². The molecular formula is C17H18N6O. The molecule has 7 nitrogen and oxygen atoms in total. The number of hydrogen-bond acceptors (Lipinski definition) is 5. The van der Waals surface area contributed by atoms with Crippen molar-refractivity contribution in [1.29, 1.82) is 5.26 Å². The van der Waals surface area contributed by atoms with E-state index in [1.807, 2.05) is 23.1 Å². The van der Waals surface area contributed by atoms with Gasteiger partial charge in [0.05, 0.1) is 36.5 Å². The summed E-state index contributed by atoms with van der Waals surface area (Å²) in [6, 6.07) is 4.20. The third-order valence-corrected chi connectivity index (χ3v) is 4.86. The highest BCUT2D eigenvalue weighted by Crippen LogP contribution is 2.36. The highest BCUT2D eigenvalue weighted by molar-refractivity contribution is 5.89. The van der Waals surface area contributed by atoms with E-state index in [-0.39, 0.29) is 18.1 Å². The first-order valence-electron chi connectivity index (χ1n) is 8.14. The monoisotopic (exact) mass is 322 g/mol. The summed E-state index contributed by atoms with van der Waals surface area (Å²) in [4.78, 5) is 11.7. The fourth-order valence-electron chi connectivity index (χ4n) is 3.65. The van der Waals surface area contributed by atoms with E-state index in [9.17, 15) is 10.4 Å². The number of H-pyrrole nitrogens is 1. The SMILES string of the molecule is N#CCC([C@@H]1CC[C@@H](O)C1)n1cc(-c2ncnc3[nH]ccc23)cn1. The van der Waals surface area contributed by atoms with Crippen LogP contribution < -0.4 is 0 Å². The number of aliphatic hydroxyl groups is 1. The van der Waals surface area contributed by atoms with Crippen molar-refractivity contribution in [3.05, 3.63) is 31.0 Å². The third kappa shape index (κ3) is 2.55. The molecule has 0 aromatic carbocycles. The Morgan fingerprint density at radius 1 is 1.42 bits per heavy atom. The zero-order valence-corrected chi connectivity index (χ0v) is 13.1. The Morgan fingerprint density at radius 3 is 3.12 bits per heavy atom. The maximum absolute atomic E-state index is 9.81. The maximum atomic E-state index is 9.81. The summed E-state index contributed by atoms with van der Waals surface area (Å²) in [6.45, 7) is 0. The lowest BCUT2D eigenvalue weighted by molar-refractivity contribution is 0.170. The van der Waals surface area contributed by atoms with Crippen molar-refractivity contribution in [2.75, 3.05) is 0 Å². The van der Waals surface area contributed by atoms with Gasteiger partial charge in [-0.15, -0.1) is 0 Å². The molecule has 1 saturated carbocycles. The van der Waals surface area contributed by atoms with Crippen molar-refractivity contribution in [1.82, 2.24) is 24.7 Å². The van der Waals surface area contributed by atoms with Crippen molar-refractivity contribution in [2.45, 2.75) is 37.8 Å². The van der Waals surface area contributed by atoms with E-state index in [0.717, 1.165) is 41.6 Å². The van der Waals surface area contributed by atoms with Crippen molar-refractivity contribution in [3.8, 4) is 17.3 Å². The normalized spacial score (nSPS) is 21.8. The van der Waals surface area contributed by atoms with Gasteiger partial charge in [-0.2, -0.15) is 10.4 Å². The van der Waals surface area contributed by atoms with Gasteiger partial charge in [0.1, 0.15) is 12.0 Å². The summed E-state index contributed by atoms with van der Waals surface area (Å²) in [6.07, 6.45) is 9.70. The summed E-state index contributed by atoms with van der Waals surface area (Å²) < 4.78 is 1.86. The summed E-state index contributed by atoms with van der Waals surface area (Å²) in [7, 11) is 0. The van der Waals surface area contributed by atoms with Crippen LogP contribution >= 0.6 is 0 Å². The number of fused-ring (bicyclic) bond motifs is 1. The van der Waals surface area contributed by atoms with Gasteiger partial charge in [-0.3, -0.25) is 4.68 Å². The number of nitriles is 1. The Morgan fingerprint density at radius 2 is 2.33 bits per heavy atom. The topological polar surface area (TPSA) is 103 Å². The molecule has 0 amide bonds. The summed E-state index contributed by atoms with van der Waals surface area (Å²) in [5.41, 5.74) is 2.53. The average Bonchev–Trinajstić information content (AvgIpc) is 3.32. The lowest BCUT2D eigenvalue weighted by atomic mass is 9.96. The minimum Gasteiger partial charge on any atom is -0.393 e. The van der Waals surface area contributed by atoms with Gasteiger partial charge in [0.25, 0.3) is 0 Å². The minimum atomic E-state index is -0.257. The van der Waals surface area contributed by atoms with Crippen LogP contribution in [0.5, 0.6) is 0 Å². The van der Waals surface area contributed by atoms with Crippen LogP contribution in [0.15, 0.2) is 31.0 Å². The molecule has 2 N–H and O–H groups in total. The molecule has 0 aliphatic heterocycles. The Kier molecular flexibility index (Phi) is 3.75. The predicted molar refractivity (Wildman–Crippen MR) is 87.7 cm³/mol. The Labute approximate surface area is 139 Å². The van der Waals surface area contributed by atoms with Gasteiger partial charge in [-0.05, 0) is 31.2 Å². The third-order valence-electron chi connectivity index (χ3n) is 4.86. The van der Waals surface area contributed by atoms with Gasteiger partial charge in [-0.25, -0.2) is 9.97 Å². The number of aliphatic hydroxyl groups excluding tert-OH is 1. The zero-order valence-electron chi connectivity index (χ0n) is 13.1. The number of rotatable bonds is 4. The van der Waals surface area contributed by atoms with Gasteiger partial charge in [0.2, 0.25) is 0 Å². The molecule has 1 aliphatic rings. The van der Waals surface area contributed by atoms with Crippen molar-refractivity contribution in [2.24, 2.45) is 5.92 Å². The number of nitrogens with one attached hydrogen (secondary N) is 1. The van der Waals surface area contributed by atoms with Gasteiger partial charge in [-0.1, -0.05) is 0 Å². The average molecular weight is 322 g/mol. The molecule has 0 saturated heterocycles. The quantitative estimate of drug-likeness (QED) is 0.768. The van der Waals surface area contributed by atoms with E-state index in [1.165, 1.54) is 6.33 Å².